The van der Waals surface area contributed by atoms with Crippen LogP contribution in [-0.4, -0.2) is 40.8 Å². The first kappa shape index (κ1) is 14.8. The Labute approximate surface area is 136 Å². The molecular formula is C18H25N3O2. The molecule has 5 heteroatoms. The van der Waals surface area contributed by atoms with Crippen molar-refractivity contribution in [1.29, 1.82) is 0 Å². The number of H-pyrrole nitrogens is 1. The number of carbonyl (C=O) groups excluding carboxylic acids is 2. The molecule has 0 radical (unpaired) electrons. The van der Waals surface area contributed by atoms with Crippen molar-refractivity contribution in [3.63, 3.8) is 0 Å². The highest BCUT2D eigenvalue weighted by Gasteiger charge is 2.50. The fourth-order valence-electron chi connectivity index (χ4n) is 4.16. The van der Waals surface area contributed by atoms with E-state index in [2.05, 4.69) is 10.3 Å². The molecule has 124 valence electrons. The lowest BCUT2D eigenvalue weighted by Gasteiger charge is -2.45. The van der Waals surface area contributed by atoms with Gasteiger partial charge in [0.25, 0.3) is 0 Å². The summed E-state index contributed by atoms with van der Waals surface area (Å²) in [5, 5.41) is 3.17. The van der Waals surface area contributed by atoms with Crippen LogP contribution in [0.5, 0.6) is 0 Å². The second kappa shape index (κ2) is 5.69. The third-order valence-corrected chi connectivity index (χ3v) is 5.71. The summed E-state index contributed by atoms with van der Waals surface area (Å²) in [6, 6.07) is 4.34. The van der Waals surface area contributed by atoms with E-state index in [1.807, 2.05) is 23.2 Å². The van der Waals surface area contributed by atoms with E-state index in [1.165, 1.54) is 0 Å². The van der Waals surface area contributed by atoms with Crippen LogP contribution in [0.3, 0.4) is 0 Å². The van der Waals surface area contributed by atoms with Crippen molar-refractivity contribution in [2.24, 2.45) is 11.3 Å². The zero-order chi connectivity index (χ0) is 15.9. The van der Waals surface area contributed by atoms with Crippen molar-refractivity contribution in [3.8, 4) is 0 Å². The highest BCUT2D eigenvalue weighted by atomic mass is 16.2. The zero-order valence-corrected chi connectivity index (χ0v) is 13.5. The molecule has 3 fully saturated rings. The number of likely N-dealkylation sites (tertiary alicyclic amines) is 1. The fraction of sp³-hybridized carbons (Fsp3) is 0.667. The lowest BCUT2D eigenvalue weighted by Crippen LogP contribution is -2.52. The third-order valence-electron chi connectivity index (χ3n) is 5.71. The van der Waals surface area contributed by atoms with Gasteiger partial charge in [-0.2, -0.15) is 0 Å². The summed E-state index contributed by atoms with van der Waals surface area (Å²) in [6.45, 7) is 1.76. The first-order chi connectivity index (χ1) is 11.1. The molecule has 1 aromatic heterocycles. The van der Waals surface area contributed by atoms with Crippen molar-refractivity contribution in [3.05, 3.63) is 24.0 Å². The molecule has 23 heavy (non-hydrogen) atoms. The Morgan fingerprint density at radius 2 is 2.17 bits per heavy atom. The molecule has 3 aliphatic rings. The quantitative estimate of drug-likeness (QED) is 0.871. The lowest BCUT2D eigenvalue weighted by atomic mass is 9.65. The number of carbonyl (C=O) groups is 2. The Bertz CT molecular complexity index is 585. The van der Waals surface area contributed by atoms with E-state index in [9.17, 15) is 9.59 Å². The first-order valence-corrected chi connectivity index (χ1v) is 8.84. The fourth-order valence-corrected chi connectivity index (χ4v) is 4.16. The third kappa shape index (κ3) is 3.14. The van der Waals surface area contributed by atoms with Crippen LogP contribution in [0.4, 0.5) is 0 Å². The zero-order valence-electron chi connectivity index (χ0n) is 13.5. The molecule has 1 saturated heterocycles. The van der Waals surface area contributed by atoms with Gasteiger partial charge in [-0.05, 0) is 56.1 Å². The van der Waals surface area contributed by atoms with Crippen LogP contribution in [-0.2, 0) is 16.0 Å². The second-order valence-electron chi connectivity index (χ2n) is 7.65. The molecule has 2 saturated carbocycles. The van der Waals surface area contributed by atoms with E-state index < -0.39 is 0 Å². The summed E-state index contributed by atoms with van der Waals surface area (Å²) in [5.41, 5.74) is 1.41. The number of hydrogen-bond acceptors (Lipinski definition) is 2. The molecule has 2 N–H and O–H groups in total. The minimum atomic E-state index is 0.252. The number of amides is 2. The van der Waals surface area contributed by atoms with Crippen molar-refractivity contribution in [2.45, 2.75) is 51.0 Å². The molecule has 1 aliphatic heterocycles. The Balaban J connectivity index is 1.22. The Kier molecular flexibility index (Phi) is 3.66. The largest absolute Gasteiger partial charge is 0.365 e. The van der Waals surface area contributed by atoms with Crippen LogP contribution in [0.15, 0.2) is 18.3 Å². The summed E-state index contributed by atoms with van der Waals surface area (Å²) >= 11 is 0. The van der Waals surface area contributed by atoms with Gasteiger partial charge < -0.3 is 15.2 Å². The monoisotopic (exact) mass is 315 g/mol. The summed E-state index contributed by atoms with van der Waals surface area (Å²) in [4.78, 5) is 29.3. The molecule has 2 aliphatic carbocycles. The van der Waals surface area contributed by atoms with Crippen LogP contribution in [0, 0.1) is 11.3 Å². The van der Waals surface area contributed by atoms with Gasteiger partial charge in [0, 0.05) is 43.4 Å². The van der Waals surface area contributed by atoms with Crippen molar-refractivity contribution in [1.82, 2.24) is 15.2 Å². The van der Waals surface area contributed by atoms with Gasteiger partial charge in [0.1, 0.15) is 0 Å². The topological polar surface area (TPSA) is 65.2 Å². The number of aromatic amines is 1. The van der Waals surface area contributed by atoms with Crippen LogP contribution in [0.25, 0.3) is 0 Å². The Morgan fingerprint density at radius 1 is 1.35 bits per heavy atom. The molecule has 5 nitrogen and oxygen atoms in total. The molecule has 1 aromatic rings. The smallest absolute Gasteiger partial charge is 0.223 e. The summed E-state index contributed by atoms with van der Waals surface area (Å²) in [6.07, 6.45) is 8.58. The average Bonchev–Trinajstić information content (AvgIpc) is 3.06. The highest BCUT2D eigenvalue weighted by molar-refractivity contribution is 5.81. The van der Waals surface area contributed by atoms with Crippen LogP contribution in [0.2, 0.25) is 0 Å². The summed E-state index contributed by atoms with van der Waals surface area (Å²) in [5.74, 6) is 0.810. The van der Waals surface area contributed by atoms with Crippen LogP contribution in [0.1, 0.15) is 44.2 Å². The minimum Gasteiger partial charge on any atom is -0.365 e. The standard InChI is InChI=1S/C18H25N3O2/c22-16(6-5-14-2-1-8-19-14)21-9-7-18(12-21)10-15(11-18)20-17(23)13-3-4-13/h1-2,8,13,15,19H,3-7,9-12H2,(H,20,23). The molecule has 0 bridgehead atoms. The highest BCUT2D eigenvalue weighted by Crippen LogP contribution is 2.48. The predicted molar refractivity (Wildman–Crippen MR) is 86.6 cm³/mol. The maximum Gasteiger partial charge on any atom is 0.223 e. The van der Waals surface area contributed by atoms with E-state index in [4.69, 9.17) is 0 Å². The van der Waals surface area contributed by atoms with Gasteiger partial charge in [0.05, 0.1) is 0 Å². The van der Waals surface area contributed by atoms with Crippen molar-refractivity contribution in [2.75, 3.05) is 13.1 Å². The predicted octanol–water partition coefficient (Wildman–Crippen LogP) is 1.85. The molecule has 0 unspecified atom stereocenters. The molecular weight excluding hydrogens is 290 g/mol. The number of hydrogen-bond donors (Lipinski definition) is 2. The molecule has 1 spiro atoms. The molecule has 0 aromatic carbocycles. The van der Waals surface area contributed by atoms with Gasteiger partial charge in [-0.25, -0.2) is 0 Å². The molecule has 2 heterocycles. The van der Waals surface area contributed by atoms with Gasteiger partial charge in [-0.15, -0.1) is 0 Å². The summed E-state index contributed by atoms with van der Waals surface area (Å²) in [7, 11) is 0. The van der Waals surface area contributed by atoms with E-state index in [0.29, 0.717) is 18.4 Å². The molecule has 4 rings (SSSR count). The van der Waals surface area contributed by atoms with Gasteiger partial charge in [-0.3, -0.25) is 9.59 Å². The number of aryl methyl sites for hydroxylation is 1. The van der Waals surface area contributed by atoms with Gasteiger partial charge >= 0.3 is 0 Å². The SMILES string of the molecule is O=C(NC1CC2(CCN(C(=O)CCc3ccc[nH]3)C2)C1)C1CC1. The van der Waals surface area contributed by atoms with E-state index >= 15 is 0 Å². The van der Waals surface area contributed by atoms with Crippen LogP contribution < -0.4 is 5.32 Å². The maximum absolute atomic E-state index is 12.4. The summed E-state index contributed by atoms with van der Waals surface area (Å²) < 4.78 is 0. The van der Waals surface area contributed by atoms with Crippen molar-refractivity contribution >= 4 is 11.8 Å². The Morgan fingerprint density at radius 3 is 2.87 bits per heavy atom. The van der Waals surface area contributed by atoms with E-state index in [0.717, 1.165) is 57.3 Å². The maximum atomic E-state index is 12.4. The van der Waals surface area contributed by atoms with E-state index in [-0.39, 0.29) is 17.2 Å². The average molecular weight is 315 g/mol. The number of nitrogens with one attached hydrogen (secondary N) is 2. The van der Waals surface area contributed by atoms with Gasteiger partial charge in [0.15, 0.2) is 0 Å². The Hall–Kier alpha value is -1.78. The normalized spacial score (nSPS) is 29.6. The van der Waals surface area contributed by atoms with Crippen LogP contribution >= 0.6 is 0 Å². The lowest BCUT2D eigenvalue weighted by molar-refractivity contribution is -0.131. The van der Waals surface area contributed by atoms with Gasteiger partial charge in [0.2, 0.25) is 11.8 Å². The molecule has 0 atom stereocenters. The number of nitrogens with zero attached hydrogens (tertiary/aromatic N) is 1. The van der Waals surface area contributed by atoms with Crippen molar-refractivity contribution < 1.29 is 9.59 Å². The number of rotatable bonds is 5. The molecule has 2 amide bonds. The first-order valence-electron chi connectivity index (χ1n) is 8.84. The van der Waals surface area contributed by atoms with Gasteiger partial charge in [-0.1, -0.05) is 0 Å². The number of aromatic nitrogens is 1. The second-order valence-corrected chi connectivity index (χ2v) is 7.65. The van der Waals surface area contributed by atoms with E-state index in [1.54, 1.807) is 0 Å². The minimum absolute atomic E-state index is 0.252.